The molecule has 2 N–H and O–H groups in total. The Labute approximate surface area is 92.4 Å². The van der Waals surface area contributed by atoms with Crippen molar-refractivity contribution in [3.05, 3.63) is 21.5 Å². The molecule has 88 valence electrons. The van der Waals surface area contributed by atoms with Crippen molar-refractivity contribution in [1.29, 1.82) is 0 Å². The Kier molecular flexibility index (Phi) is 3.60. The molecule has 0 aliphatic rings. The summed E-state index contributed by atoms with van der Waals surface area (Å²) in [6.07, 6.45) is 1.18. The summed E-state index contributed by atoms with van der Waals surface area (Å²) in [5.74, 6) is -0.816. The summed E-state index contributed by atoms with van der Waals surface area (Å²) >= 11 is 0. The fraction of sp³-hybridized carbons (Fsp3) is 0.556. The fourth-order valence-corrected chi connectivity index (χ4v) is 1.57. The quantitative estimate of drug-likeness (QED) is 0.593. The minimum Gasteiger partial charge on any atom is -0.364 e. The van der Waals surface area contributed by atoms with E-state index in [-0.39, 0.29) is 11.4 Å². The standard InChI is InChI=1S/C9H14N4O3/c1-3-5-6-7(13(15)16)8(9(10)14)12(4-2)11-6/h3-5H2,1-2H3,(H2,10,14). The second kappa shape index (κ2) is 4.73. The molecule has 0 aromatic carbocycles. The molecule has 7 nitrogen and oxygen atoms in total. The molecule has 1 amide bonds. The number of nitrogens with zero attached hydrogens (tertiary/aromatic N) is 3. The van der Waals surface area contributed by atoms with E-state index < -0.39 is 10.8 Å². The van der Waals surface area contributed by atoms with Gasteiger partial charge in [-0.3, -0.25) is 19.6 Å². The van der Waals surface area contributed by atoms with Crippen LogP contribution in [-0.2, 0) is 13.0 Å². The van der Waals surface area contributed by atoms with Gasteiger partial charge in [-0.15, -0.1) is 0 Å². The number of aromatic nitrogens is 2. The van der Waals surface area contributed by atoms with Gasteiger partial charge in [-0.2, -0.15) is 5.10 Å². The van der Waals surface area contributed by atoms with Crippen LogP contribution in [0.25, 0.3) is 0 Å². The van der Waals surface area contributed by atoms with Crippen LogP contribution in [0.2, 0.25) is 0 Å². The van der Waals surface area contributed by atoms with Gasteiger partial charge >= 0.3 is 5.69 Å². The molecular weight excluding hydrogens is 212 g/mol. The minimum atomic E-state index is -0.816. The number of aryl methyl sites for hydroxylation is 2. The Morgan fingerprint density at radius 3 is 2.56 bits per heavy atom. The predicted octanol–water partition coefficient (Wildman–Crippen LogP) is 0.863. The smallest absolute Gasteiger partial charge is 0.323 e. The van der Waals surface area contributed by atoms with Gasteiger partial charge in [-0.1, -0.05) is 13.3 Å². The van der Waals surface area contributed by atoms with Crippen molar-refractivity contribution >= 4 is 11.6 Å². The zero-order valence-corrected chi connectivity index (χ0v) is 9.27. The molecule has 7 heteroatoms. The summed E-state index contributed by atoms with van der Waals surface area (Å²) in [5.41, 5.74) is 5.09. The highest BCUT2D eigenvalue weighted by atomic mass is 16.6. The largest absolute Gasteiger partial charge is 0.364 e. The lowest BCUT2D eigenvalue weighted by atomic mass is 10.2. The van der Waals surface area contributed by atoms with E-state index >= 15 is 0 Å². The van der Waals surface area contributed by atoms with Crippen LogP contribution in [0.4, 0.5) is 5.69 Å². The van der Waals surface area contributed by atoms with Crippen molar-refractivity contribution < 1.29 is 9.72 Å². The van der Waals surface area contributed by atoms with Crippen LogP contribution in [0.1, 0.15) is 36.5 Å². The maximum atomic E-state index is 11.2. The summed E-state index contributed by atoms with van der Waals surface area (Å²) in [7, 11) is 0. The van der Waals surface area contributed by atoms with Gasteiger partial charge in [0.1, 0.15) is 5.69 Å². The third-order valence-corrected chi connectivity index (χ3v) is 2.20. The Hall–Kier alpha value is -1.92. The lowest BCUT2D eigenvalue weighted by Gasteiger charge is -1.98. The van der Waals surface area contributed by atoms with Gasteiger partial charge in [0.15, 0.2) is 0 Å². The highest BCUT2D eigenvalue weighted by Crippen LogP contribution is 2.24. The van der Waals surface area contributed by atoms with Gasteiger partial charge in [-0.25, -0.2) is 0 Å². The summed E-state index contributed by atoms with van der Waals surface area (Å²) < 4.78 is 1.28. The number of rotatable bonds is 5. The molecule has 0 radical (unpaired) electrons. The lowest BCUT2D eigenvalue weighted by Crippen LogP contribution is -2.18. The van der Waals surface area contributed by atoms with Gasteiger partial charge in [0.25, 0.3) is 5.91 Å². The highest BCUT2D eigenvalue weighted by Gasteiger charge is 2.29. The Balaban J connectivity index is 3.41. The molecule has 0 spiro atoms. The summed E-state index contributed by atoms with van der Waals surface area (Å²) in [4.78, 5) is 21.5. The van der Waals surface area contributed by atoms with Gasteiger partial charge in [-0.05, 0) is 13.3 Å². The number of hydrogen-bond acceptors (Lipinski definition) is 4. The first-order valence-electron chi connectivity index (χ1n) is 5.06. The third kappa shape index (κ3) is 2.02. The van der Waals surface area contributed by atoms with Gasteiger partial charge in [0.2, 0.25) is 5.69 Å². The highest BCUT2D eigenvalue weighted by molar-refractivity contribution is 5.95. The van der Waals surface area contributed by atoms with Crippen LogP contribution in [0.15, 0.2) is 0 Å². The lowest BCUT2D eigenvalue weighted by molar-refractivity contribution is -0.385. The molecule has 16 heavy (non-hydrogen) atoms. The van der Waals surface area contributed by atoms with E-state index in [1.807, 2.05) is 6.92 Å². The van der Waals surface area contributed by atoms with Crippen LogP contribution >= 0.6 is 0 Å². The Bertz CT molecular complexity index is 425. The number of carbonyl (C=O) groups is 1. The molecule has 0 unspecified atom stereocenters. The van der Waals surface area contributed by atoms with Crippen molar-refractivity contribution in [2.24, 2.45) is 5.73 Å². The van der Waals surface area contributed by atoms with Crippen LogP contribution in [0.5, 0.6) is 0 Å². The average molecular weight is 226 g/mol. The minimum absolute atomic E-state index is 0.115. The van der Waals surface area contributed by atoms with Gasteiger partial charge in [0, 0.05) is 6.54 Å². The zero-order chi connectivity index (χ0) is 12.3. The van der Waals surface area contributed by atoms with Crippen LogP contribution in [0, 0.1) is 10.1 Å². The topological polar surface area (TPSA) is 104 Å². The number of hydrogen-bond donors (Lipinski definition) is 1. The number of nitrogens with two attached hydrogens (primary N) is 1. The van der Waals surface area contributed by atoms with Crippen LogP contribution in [-0.4, -0.2) is 20.6 Å². The van der Waals surface area contributed by atoms with E-state index in [0.717, 1.165) is 6.42 Å². The molecule has 0 saturated carbocycles. The molecule has 1 aromatic rings. The van der Waals surface area contributed by atoms with Crippen molar-refractivity contribution in [1.82, 2.24) is 9.78 Å². The van der Waals surface area contributed by atoms with E-state index in [0.29, 0.717) is 18.7 Å². The van der Waals surface area contributed by atoms with E-state index in [9.17, 15) is 14.9 Å². The molecule has 1 rings (SSSR count). The summed E-state index contributed by atoms with van der Waals surface area (Å²) in [6, 6.07) is 0. The maximum Gasteiger partial charge on any atom is 0.323 e. The molecule has 0 fully saturated rings. The fourth-order valence-electron chi connectivity index (χ4n) is 1.57. The van der Waals surface area contributed by atoms with Crippen molar-refractivity contribution in [3.63, 3.8) is 0 Å². The van der Waals surface area contributed by atoms with Crippen molar-refractivity contribution in [2.75, 3.05) is 0 Å². The first-order chi connectivity index (χ1) is 7.52. The summed E-state index contributed by atoms with van der Waals surface area (Å²) in [6.45, 7) is 4.01. The average Bonchev–Trinajstić information content (AvgIpc) is 2.57. The number of amides is 1. The first-order valence-corrected chi connectivity index (χ1v) is 5.06. The molecule has 0 aliphatic heterocycles. The van der Waals surface area contributed by atoms with Gasteiger partial charge < -0.3 is 5.73 Å². The van der Waals surface area contributed by atoms with E-state index in [2.05, 4.69) is 5.10 Å². The predicted molar refractivity (Wildman–Crippen MR) is 57.1 cm³/mol. The molecule has 1 aromatic heterocycles. The Morgan fingerprint density at radius 2 is 2.19 bits per heavy atom. The molecule has 0 saturated heterocycles. The maximum absolute atomic E-state index is 11.2. The van der Waals surface area contributed by atoms with Gasteiger partial charge in [0.05, 0.1) is 4.92 Å². The Morgan fingerprint density at radius 1 is 1.56 bits per heavy atom. The van der Waals surface area contributed by atoms with E-state index in [1.165, 1.54) is 4.68 Å². The van der Waals surface area contributed by atoms with Crippen molar-refractivity contribution in [2.45, 2.75) is 33.2 Å². The second-order valence-electron chi connectivity index (χ2n) is 3.33. The van der Waals surface area contributed by atoms with Crippen LogP contribution in [0.3, 0.4) is 0 Å². The zero-order valence-electron chi connectivity index (χ0n) is 9.27. The molecule has 0 atom stereocenters. The molecular formula is C9H14N4O3. The van der Waals surface area contributed by atoms with Crippen molar-refractivity contribution in [3.8, 4) is 0 Å². The molecule has 1 heterocycles. The number of carbonyl (C=O) groups excluding carboxylic acids is 1. The summed E-state index contributed by atoms with van der Waals surface area (Å²) in [5, 5.41) is 14.9. The van der Waals surface area contributed by atoms with E-state index in [1.54, 1.807) is 6.92 Å². The molecule has 0 bridgehead atoms. The monoisotopic (exact) mass is 226 g/mol. The first kappa shape index (κ1) is 12.2. The van der Waals surface area contributed by atoms with Crippen LogP contribution < -0.4 is 5.73 Å². The number of primary amides is 1. The number of nitro groups is 1. The molecule has 0 aliphatic carbocycles. The SMILES string of the molecule is CCCc1nn(CC)c(C(N)=O)c1[N+](=O)[O-]. The normalized spacial score (nSPS) is 10.4. The second-order valence-corrected chi connectivity index (χ2v) is 3.33. The van der Waals surface area contributed by atoms with E-state index in [4.69, 9.17) is 5.73 Å². The third-order valence-electron chi connectivity index (χ3n) is 2.20.